The van der Waals surface area contributed by atoms with Gasteiger partial charge >= 0.3 is 0 Å². The van der Waals surface area contributed by atoms with Crippen molar-refractivity contribution in [2.45, 2.75) is 0 Å². The van der Waals surface area contributed by atoms with Crippen molar-refractivity contribution in [3.05, 3.63) is 224 Å². The second-order valence-corrected chi connectivity index (χ2v) is 13.4. The molecule has 53 heavy (non-hydrogen) atoms. The Balaban J connectivity index is 1.16. The Hall–Kier alpha value is -6.96. The molecule has 0 amide bonds. The Morgan fingerprint density at radius 3 is 1.42 bits per heavy atom. The minimum absolute atomic E-state index is 1.09. The van der Waals surface area contributed by atoms with Crippen LogP contribution in [0.2, 0.25) is 0 Å². The van der Waals surface area contributed by atoms with Crippen LogP contribution >= 0.6 is 0 Å². The summed E-state index contributed by atoms with van der Waals surface area (Å²) < 4.78 is 0. The lowest BCUT2D eigenvalue weighted by Crippen LogP contribution is -2.11. The van der Waals surface area contributed by atoms with Crippen LogP contribution in [0.4, 0.5) is 17.1 Å². The van der Waals surface area contributed by atoms with Gasteiger partial charge in [0.15, 0.2) is 0 Å². The van der Waals surface area contributed by atoms with E-state index in [0.29, 0.717) is 0 Å². The first-order valence-corrected chi connectivity index (χ1v) is 18.2. The molecule has 0 spiro atoms. The molecule has 0 N–H and O–H groups in total. The van der Waals surface area contributed by atoms with Gasteiger partial charge in [0.05, 0.1) is 5.69 Å². The van der Waals surface area contributed by atoms with E-state index in [0.717, 1.165) is 17.1 Å². The SMILES string of the molecule is c1ccc(-c2ccc(-c3ccc(N(c4cccc(-c5cccc6ccccc56)c4)c4ccccc4-c4cccc(-c5ccccc5)c4)cc3)cc2)cc1. The molecule has 0 aliphatic carbocycles. The molecule has 0 radical (unpaired) electrons. The lowest BCUT2D eigenvalue weighted by Gasteiger charge is -2.28. The molecular formula is C52H37N. The third kappa shape index (κ3) is 6.53. The van der Waals surface area contributed by atoms with Gasteiger partial charge in [0, 0.05) is 16.9 Å². The molecule has 0 saturated carbocycles. The minimum Gasteiger partial charge on any atom is -0.310 e. The highest BCUT2D eigenvalue weighted by atomic mass is 15.1. The lowest BCUT2D eigenvalue weighted by molar-refractivity contribution is 1.28. The largest absolute Gasteiger partial charge is 0.310 e. The lowest BCUT2D eigenvalue weighted by atomic mass is 9.96. The first-order valence-electron chi connectivity index (χ1n) is 18.2. The molecular weight excluding hydrogens is 639 g/mol. The zero-order chi connectivity index (χ0) is 35.4. The Bertz CT molecular complexity index is 2640. The van der Waals surface area contributed by atoms with Crippen LogP contribution in [-0.2, 0) is 0 Å². The normalized spacial score (nSPS) is 11.0. The predicted octanol–water partition coefficient (Wildman–Crippen LogP) is 14.6. The molecule has 9 aromatic rings. The van der Waals surface area contributed by atoms with Crippen LogP contribution in [0.1, 0.15) is 0 Å². The predicted molar refractivity (Wildman–Crippen MR) is 226 cm³/mol. The number of hydrogen-bond donors (Lipinski definition) is 0. The molecule has 0 aromatic heterocycles. The van der Waals surface area contributed by atoms with Crippen molar-refractivity contribution in [1.82, 2.24) is 0 Å². The highest BCUT2D eigenvalue weighted by Crippen LogP contribution is 2.43. The molecule has 9 rings (SSSR count). The summed E-state index contributed by atoms with van der Waals surface area (Å²) in [5.74, 6) is 0. The fourth-order valence-electron chi connectivity index (χ4n) is 7.42. The van der Waals surface area contributed by atoms with Crippen molar-refractivity contribution in [3.63, 3.8) is 0 Å². The van der Waals surface area contributed by atoms with Crippen molar-refractivity contribution >= 4 is 27.8 Å². The van der Waals surface area contributed by atoms with Gasteiger partial charge in [-0.25, -0.2) is 0 Å². The fourth-order valence-corrected chi connectivity index (χ4v) is 7.42. The maximum atomic E-state index is 2.40. The van der Waals surface area contributed by atoms with Crippen molar-refractivity contribution < 1.29 is 0 Å². The number of fused-ring (bicyclic) bond motifs is 1. The summed E-state index contributed by atoms with van der Waals surface area (Å²) in [7, 11) is 0. The van der Waals surface area contributed by atoms with Crippen LogP contribution in [0, 0.1) is 0 Å². The first-order chi connectivity index (χ1) is 26.3. The van der Waals surface area contributed by atoms with Gasteiger partial charge < -0.3 is 4.90 Å². The van der Waals surface area contributed by atoms with E-state index in [1.165, 1.54) is 66.4 Å². The van der Waals surface area contributed by atoms with Gasteiger partial charge in [-0.3, -0.25) is 0 Å². The van der Waals surface area contributed by atoms with Gasteiger partial charge in [-0.15, -0.1) is 0 Å². The van der Waals surface area contributed by atoms with Crippen LogP contribution in [0.5, 0.6) is 0 Å². The molecule has 0 unspecified atom stereocenters. The van der Waals surface area contributed by atoms with Crippen LogP contribution in [0.3, 0.4) is 0 Å². The summed E-state index contributed by atoms with van der Waals surface area (Å²) >= 11 is 0. The molecule has 0 heterocycles. The molecule has 1 heteroatoms. The van der Waals surface area contributed by atoms with E-state index in [4.69, 9.17) is 0 Å². The summed E-state index contributed by atoms with van der Waals surface area (Å²) in [6.45, 7) is 0. The molecule has 0 aliphatic rings. The Labute approximate surface area is 311 Å². The quantitative estimate of drug-likeness (QED) is 0.155. The molecule has 0 bridgehead atoms. The highest BCUT2D eigenvalue weighted by Gasteiger charge is 2.19. The summed E-state index contributed by atoms with van der Waals surface area (Å²) in [5.41, 5.74) is 15.3. The van der Waals surface area contributed by atoms with Crippen molar-refractivity contribution in [3.8, 4) is 55.6 Å². The molecule has 250 valence electrons. The maximum Gasteiger partial charge on any atom is 0.0540 e. The van der Waals surface area contributed by atoms with Crippen molar-refractivity contribution in [2.24, 2.45) is 0 Å². The third-order valence-electron chi connectivity index (χ3n) is 10.1. The molecule has 0 aliphatic heterocycles. The zero-order valence-electron chi connectivity index (χ0n) is 29.3. The van der Waals surface area contributed by atoms with E-state index >= 15 is 0 Å². The number of hydrogen-bond acceptors (Lipinski definition) is 1. The van der Waals surface area contributed by atoms with Gasteiger partial charge in [-0.1, -0.05) is 188 Å². The number of nitrogens with zero attached hydrogens (tertiary/aromatic N) is 1. The number of rotatable bonds is 8. The fraction of sp³-hybridized carbons (Fsp3) is 0. The summed E-state index contributed by atoms with van der Waals surface area (Å²) in [4.78, 5) is 2.40. The maximum absolute atomic E-state index is 2.40. The topological polar surface area (TPSA) is 3.24 Å². The average Bonchev–Trinajstić information content (AvgIpc) is 3.25. The molecule has 0 fully saturated rings. The highest BCUT2D eigenvalue weighted by molar-refractivity contribution is 5.98. The van der Waals surface area contributed by atoms with E-state index in [-0.39, 0.29) is 0 Å². The smallest absolute Gasteiger partial charge is 0.0540 e. The van der Waals surface area contributed by atoms with E-state index in [1.54, 1.807) is 0 Å². The average molecular weight is 676 g/mol. The van der Waals surface area contributed by atoms with Gasteiger partial charge in [0.1, 0.15) is 0 Å². The van der Waals surface area contributed by atoms with Gasteiger partial charge in [0.25, 0.3) is 0 Å². The van der Waals surface area contributed by atoms with E-state index in [2.05, 4.69) is 229 Å². The van der Waals surface area contributed by atoms with E-state index < -0.39 is 0 Å². The van der Waals surface area contributed by atoms with Crippen LogP contribution in [0.25, 0.3) is 66.4 Å². The van der Waals surface area contributed by atoms with E-state index in [1.807, 2.05) is 0 Å². The van der Waals surface area contributed by atoms with Crippen molar-refractivity contribution in [1.29, 1.82) is 0 Å². The zero-order valence-corrected chi connectivity index (χ0v) is 29.3. The van der Waals surface area contributed by atoms with Crippen LogP contribution in [0.15, 0.2) is 224 Å². The standard InChI is InChI=1S/C52H37N/c1-3-14-38(15-4-1)40-28-30-41(31-29-40)42-32-34-47(35-33-42)53(48-23-12-22-46(37-48)50-26-13-19-43-18-7-8-24-49(43)50)52-27-10-9-25-51(52)45-21-11-20-44(36-45)39-16-5-2-6-17-39/h1-37H. The summed E-state index contributed by atoms with van der Waals surface area (Å²) in [6.07, 6.45) is 0. The van der Waals surface area contributed by atoms with Crippen molar-refractivity contribution in [2.75, 3.05) is 4.90 Å². The first kappa shape index (κ1) is 32.0. The Morgan fingerprint density at radius 1 is 0.245 bits per heavy atom. The Morgan fingerprint density at radius 2 is 0.698 bits per heavy atom. The van der Waals surface area contributed by atoms with E-state index in [9.17, 15) is 0 Å². The molecule has 9 aromatic carbocycles. The van der Waals surface area contributed by atoms with Gasteiger partial charge in [-0.05, 0) is 97.2 Å². The number of anilines is 3. The number of para-hydroxylation sites is 1. The summed E-state index contributed by atoms with van der Waals surface area (Å²) in [5, 5.41) is 2.49. The Kier molecular flexibility index (Phi) is 8.66. The molecule has 1 nitrogen and oxygen atoms in total. The monoisotopic (exact) mass is 675 g/mol. The van der Waals surface area contributed by atoms with Gasteiger partial charge in [0.2, 0.25) is 0 Å². The van der Waals surface area contributed by atoms with Crippen LogP contribution in [-0.4, -0.2) is 0 Å². The molecule has 0 atom stereocenters. The van der Waals surface area contributed by atoms with Crippen LogP contribution < -0.4 is 4.90 Å². The summed E-state index contributed by atoms with van der Waals surface area (Å²) in [6, 6.07) is 80.8. The molecule has 0 saturated heterocycles. The second-order valence-electron chi connectivity index (χ2n) is 13.4. The second kappa shape index (κ2) is 14.3. The minimum atomic E-state index is 1.09. The number of benzene rings is 9. The van der Waals surface area contributed by atoms with Gasteiger partial charge in [-0.2, -0.15) is 0 Å². The third-order valence-corrected chi connectivity index (χ3v) is 10.1.